The quantitative estimate of drug-likeness (QED) is 0.703. The van der Waals surface area contributed by atoms with Gasteiger partial charge in [0, 0.05) is 10.6 Å². The molecule has 0 saturated heterocycles. The zero-order chi connectivity index (χ0) is 18.2. The van der Waals surface area contributed by atoms with Gasteiger partial charge >= 0.3 is 5.97 Å². The first-order chi connectivity index (χ1) is 12.0. The topological polar surface area (TPSA) is 75.6 Å². The first kappa shape index (κ1) is 18.9. The van der Waals surface area contributed by atoms with E-state index in [0.29, 0.717) is 17.9 Å². The van der Waals surface area contributed by atoms with Crippen LogP contribution in [0.25, 0.3) is 0 Å². The van der Waals surface area contributed by atoms with Crippen molar-refractivity contribution < 1.29 is 19.4 Å². The van der Waals surface area contributed by atoms with Crippen LogP contribution in [-0.2, 0) is 16.0 Å². The van der Waals surface area contributed by atoms with Gasteiger partial charge < -0.3 is 15.2 Å². The Bertz CT molecular complexity index is 713. The molecule has 0 heterocycles. The van der Waals surface area contributed by atoms with Gasteiger partial charge in [-0.2, -0.15) is 0 Å². The van der Waals surface area contributed by atoms with E-state index in [0.717, 1.165) is 16.2 Å². The fourth-order valence-electron chi connectivity index (χ4n) is 2.18. The molecule has 0 radical (unpaired) electrons. The number of nitrogens with one attached hydrogen (secondary N) is 1. The molecule has 0 aromatic heterocycles. The number of methoxy groups -OCH3 is 1. The fraction of sp³-hybridized carbons (Fsp3) is 0.263. The number of ether oxygens (including phenoxy) is 1. The average molecular weight is 359 g/mol. The lowest BCUT2D eigenvalue weighted by Gasteiger charge is -2.09. The van der Waals surface area contributed by atoms with Crippen LogP contribution in [-0.4, -0.2) is 29.8 Å². The summed E-state index contributed by atoms with van der Waals surface area (Å²) in [6.45, 7) is 1.68. The summed E-state index contributed by atoms with van der Waals surface area (Å²) in [5.74, 6) is -0.239. The highest BCUT2D eigenvalue weighted by Gasteiger charge is 2.11. The van der Waals surface area contributed by atoms with Crippen molar-refractivity contribution in [2.24, 2.45) is 5.92 Å². The summed E-state index contributed by atoms with van der Waals surface area (Å²) in [4.78, 5) is 23.9. The first-order valence-electron chi connectivity index (χ1n) is 7.86. The van der Waals surface area contributed by atoms with Crippen LogP contribution >= 0.6 is 11.8 Å². The highest BCUT2D eigenvalue weighted by Crippen LogP contribution is 2.21. The number of carbonyl (C=O) groups is 2. The maximum Gasteiger partial charge on any atom is 0.306 e. The summed E-state index contributed by atoms with van der Waals surface area (Å²) in [5, 5.41) is 11.8. The van der Waals surface area contributed by atoms with Crippen LogP contribution in [0.5, 0.6) is 5.75 Å². The normalized spacial score (nSPS) is 11.6. The Morgan fingerprint density at radius 1 is 1.12 bits per heavy atom. The molecule has 2 rings (SSSR count). The van der Waals surface area contributed by atoms with Gasteiger partial charge in [0.25, 0.3) is 0 Å². The molecule has 0 fully saturated rings. The number of carbonyl (C=O) groups excluding carboxylic acids is 1. The molecule has 0 spiro atoms. The van der Waals surface area contributed by atoms with E-state index >= 15 is 0 Å². The van der Waals surface area contributed by atoms with Crippen molar-refractivity contribution in [3.63, 3.8) is 0 Å². The van der Waals surface area contributed by atoms with E-state index in [1.54, 1.807) is 26.2 Å². The molecule has 0 bridgehead atoms. The van der Waals surface area contributed by atoms with Gasteiger partial charge in [-0.3, -0.25) is 9.59 Å². The third kappa shape index (κ3) is 6.15. The molecular weight excluding hydrogens is 338 g/mol. The second-order valence-corrected chi connectivity index (χ2v) is 6.70. The molecule has 0 aliphatic rings. The van der Waals surface area contributed by atoms with Gasteiger partial charge in [-0.05, 0) is 48.4 Å². The number of benzene rings is 2. The number of carboxylic acids is 1. The summed E-state index contributed by atoms with van der Waals surface area (Å²) >= 11 is 1.45. The maximum absolute atomic E-state index is 12.0. The summed E-state index contributed by atoms with van der Waals surface area (Å²) in [7, 11) is 1.61. The van der Waals surface area contributed by atoms with Crippen molar-refractivity contribution in [1.29, 1.82) is 0 Å². The van der Waals surface area contributed by atoms with Crippen LogP contribution in [0.1, 0.15) is 12.5 Å². The van der Waals surface area contributed by atoms with Crippen LogP contribution in [0, 0.1) is 5.92 Å². The molecule has 1 amide bonds. The Hall–Kier alpha value is -2.47. The standard InChI is InChI=1S/C19H21NO4S/c1-13(19(22)23)11-14-3-5-15(6-4-14)20-18(21)12-25-17-9-7-16(24-2)8-10-17/h3-10,13H,11-12H2,1-2H3,(H,20,21)(H,22,23). The number of rotatable bonds is 8. The molecule has 1 atom stereocenters. The molecule has 0 aliphatic carbocycles. The van der Waals surface area contributed by atoms with Gasteiger partial charge in [0.1, 0.15) is 5.75 Å². The Morgan fingerprint density at radius 3 is 2.32 bits per heavy atom. The lowest BCUT2D eigenvalue weighted by atomic mass is 10.0. The zero-order valence-electron chi connectivity index (χ0n) is 14.2. The Labute approximate surface area is 151 Å². The Morgan fingerprint density at radius 2 is 1.76 bits per heavy atom. The van der Waals surface area contributed by atoms with Crippen LogP contribution in [0.4, 0.5) is 5.69 Å². The van der Waals surface area contributed by atoms with E-state index in [-0.39, 0.29) is 5.91 Å². The van der Waals surface area contributed by atoms with Crippen molar-refractivity contribution in [1.82, 2.24) is 0 Å². The van der Waals surface area contributed by atoms with E-state index in [9.17, 15) is 9.59 Å². The number of aliphatic carboxylic acids is 1. The van der Waals surface area contributed by atoms with E-state index in [1.807, 2.05) is 36.4 Å². The molecule has 2 N–H and O–H groups in total. The Balaban J connectivity index is 1.82. The van der Waals surface area contributed by atoms with E-state index in [1.165, 1.54) is 11.8 Å². The van der Waals surface area contributed by atoms with Gasteiger partial charge in [0.15, 0.2) is 0 Å². The molecule has 2 aromatic rings. The van der Waals surface area contributed by atoms with Crippen molar-refractivity contribution in [3.8, 4) is 5.75 Å². The van der Waals surface area contributed by atoms with Crippen LogP contribution in [0.15, 0.2) is 53.4 Å². The van der Waals surface area contributed by atoms with Gasteiger partial charge in [-0.1, -0.05) is 19.1 Å². The number of thioether (sulfide) groups is 1. The lowest BCUT2D eigenvalue weighted by molar-refractivity contribution is -0.141. The third-order valence-electron chi connectivity index (χ3n) is 3.63. The van der Waals surface area contributed by atoms with Gasteiger partial charge in [0.05, 0.1) is 18.8 Å². The fourth-order valence-corrected chi connectivity index (χ4v) is 2.88. The molecular formula is C19H21NO4S. The molecule has 132 valence electrons. The zero-order valence-corrected chi connectivity index (χ0v) is 15.0. The minimum absolute atomic E-state index is 0.0903. The predicted molar refractivity (Wildman–Crippen MR) is 99.3 cm³/mol. The third-order valence-corrected chi connectivity index (χ3v) is 4.64. The molecule has 25 heavy (non-hydrogen) atoms. The largest absolute Gasteiger partial charge is 0.497 e. The van der Waals surface area contributed by atoms with E-state index in [4.69, 9.17) is 9.84 Å². The van der Waals surface area contributed by atoms with Crippen molar-refractivity contribution in [2.75, 3.05) is 18.2 Å². The minimum atomic E-state index is -0.812. The summed E-state index contributed by atoms with van der Waals surface area (Å²) in [6, 6.07) is 14.8. The average Bonchev–Trinajstić information content (AvgIpc) is 2.62. The number of hydrogen-bond donors (Lipinski definition) is 2. The number of anilines is 1. The highest BCUT2D eigenvalue weighted by atomic mass is 32.2. The molecule has 2 aromatic carbocycles. The SMILES string of the molecule is COc1ccc(SCC(=O)Nc2ccc(CC(C)C(=O)O)cc2)cc1. The minimum Gasteiger partial charge on any atom is -0.497 e. The molecule has 1 unspecified atom stereocenters. The highest BCUT2D eigenvalue weighted by molar-refractivity contribution is 8.00. The predicted octanol–water partition coefficient (Wildman–Crippen LogP) is 3.69. The molecule has 0 aliphatic heterocycles. The molecule has 6 heteroatoms. The lowest BCUT2D eigenvalue weighted by Crippen LogP contribution is -2.14. The molecule has 5 nitrogen and oxygen atoms in total. The number of carboxylic acid groups (broad SMARTS) is 1. The van der Waals surface area contributed by atoms with E-state index in [2.05, 4.69) is 5.32 Å². The second-order valence-electron chi connectivity index (χ2n) is 5.65. The smallest absolute Gasteiger partial charge is 0.306 e. The van der Waals surface area contributed by atoms with Crippen LogP contribution in [0.3, 0.4) is 0 Å². The maximum atomic E-state index is 12.0. The van der Waals surface area contributed by atoms with Gasteiger partial charge in [-0.15, -0.1) is 11.8 Å². The van der Waals surface area contributed by atoms with Crippen LogP contribution in [0.2, 0.25) is 0 Å². The number of hydrogen-bond acceptors (Lipinski definition) is 4. The first-order valence-corrected chi connectivity index (χ1v) is 8.85. The Kier molecular flexibility index (Phi) is 6.89. The summed E-state index contributed by atoms with van der Waals surface area (Å²) < 4.78 is 5.10. The van der Waals surface area contributed by atoms with Gasteiger partial charge in [-0.25, -0.2) is 0 Å². The van der Waals surface area contributed by atoms with Crippen molar-refractivity contribution in [2.45, 2.75) is 18.2 Å². The van der Waals surface area contributed by atoms with Crippen molar-refractivity contribution in [3.05, 3.63) is 54.1 Å². The van der Waals surface area contributed by atoms with Gasteiger partial charge in [0.2, 0.25) is 5.91 Å². The van der Waals surface area contributed by atoms with Crippen LogP contribution < -0.4 is 10.1 Å². The van der Waals surface area contributed by atoms with Crippen molar-refractivity contribution >= 4 is 29.3 Å². The number of amides is 1. The monoisotopic (exact) mass is 359 g/mol. The van der Waals surface area contributed by atoms with E-state index < -0.39 is 11.9 Å². The summed E-state index contributed by atoms with van der Waals surface area (Å²) in [6.07, 6.45) is 0.469. The summed E-state index contributed by atoms with van der Waals surface area (Å²) in [5.41, 5.74) is 1.63. The second kappa shape index (κ2) is 9.13. The molecule has 0 saturated carbocycles.